The first-order valence-electron chi connectivity index (χ1n) is 20.1. The Morgan fingerprint density at radius 2 is 0.932 bits per heavy atom. The van der Waals surface area contributed by atoms with Crippen LogP contribution >= 0.6 is 0 Å². The van der Waals surface area contributed by atoms with E-state index in [0.717, 1.165) is 94.7 Å². The van der Waals surface area contributed by atoms with Gasteiger partial charge in [-0.25, -0.2) is 0 Å². The monoisotopic (exact) mass is 755 g/mol. The Bertz CT molecular complexity index is 3460. The van der Waals surface area contributed by atoms with Crippen LogP contribution in [0.3, 0.4) is 0 Å². The summed E-state index contributed by atoms with van der Waals surface area (Å²) in [4.78, 5) is 2.40. The molecule has 0 saturated carbocycles. The van der Waals surface area contributed by atoms with E-state index >= 15 is 0 Å². The smallest absolute Gasteiger partial charge is 0.137 e. The molecule has 3 heterocycles. The average Bonchev–Trinajstić information content (AvgIpc) is 3.96. The Kier molecular flexibility index (Phi) is 6.62. The molecule has 11 aromatic rings. The topological polar surface area (TPSA) is 38.8 Å². The van der Waals surface area contributed by atoms with E-state index in [1.54, 1.807) is 0 Å². The lowest BCUT2D eigenvalue weighted by molar-refractivity contribution is 0.436. The molecule has 1 aliphatic heterocycles. The van der Waals surface area contributed by atoms with Crippen molar-refractivity contribution in [3.05, 3.63) is 222 Å². The molecule has 0 N–H and O–H groups in total. The number of para-hydroxylation sites is 2. The first-order chi connectivity index (χ1) is 29.3. The summed E-state index contributed by atoms with van der Waals surface area (Å²) in [6.07, 6.45) is 0. The van der Waals surface area contributed by atoms with Crippen molar-refractivity contribution in [1.82, 2.24) is 0 Å². The van der Waals surface area contributed by atoms with Crippen molar-refractivity contribution in [3.8, 4) is 33.8 Å². The quantitative estimate of drug-likeness (QED) is 0.179. The molecule has 1 spiro atoms. The zero-order chi connectivity index (χ0) is 38.7. The fourth-order valence-electron chi connectivity index (χ4n) is 10.1. The zero-order valence-corrected chi connectivity index (χ0v) is 31.7. The second kappa shape index (κ2) is 12.1. The molecule has 0 amide bonds. The van der Waals surface area contributed by atoms with Gasteiger partial charge in [0.1, 0.15) is 33.8 Å². The van der Waals surface area contributed by atoms with Gasteiger partial charge >= 0.3 is 0 Å². The zero-order valence-electron chi connectivity index (χ0n) is 31.7. The van der Waals surface area contributed by atoms with Crippen molar-refractivity contribution in [3.63, 3.8) is 0 Å². The van der Waals surface area contributed by atoms with E-state index in [2.05, 4.69) is 193 Å². The first-order valence-corrected chi connectivity index (χ1v) is 20.1. The largest absolute Gasteiger partial charge is 0.457 e. The lowest BCUT2D eigenvalue weighted by atomic mass is 9.66. The van der Waals surface area contributed by atoms with Gasteiger partial charge in [0.15, 0.2) is 0 Å². The lowest BCUT2D eigenvalue weighted by Crippen LogP contribution is -2.32. The summed E-state index contributed by atoms with van der Waals surface area (Å²) in [5.74, 6) is 1.71. The molecule has 0 bridgehead atoms. The minimum absolute atomic E-state index is 0.619. The highest BCUT2D eigenvalue weighted by atomic mass is 16.5. The van der Waals surface area contributed by atoms with Crippen LogP contribution in [0, 0.1) is 0 Å². The molecule has 0 saturated heterocycles. The summed E-state index contributed by atoms with van der Waals surface area (Å²) in [5.41, 5.74) is 15.2. The maximum absolute atomic E-state index is 6.88. The Hall–Kier alpha value is -7.82. The molecule has 13 rings (SSSR count). The van der Waals surface area contributed by atoms with Crippen molar-refractivity contribution in [2.75, 3.05) is 4.90 Å². The highest BCUT2D eigenvalue weighted by Gasteiger charge is 2.51. The van der Waals surface area contributed by atoms with Crippen molar-refractivity contribution >= 4 is 60.9 Å². The first kappa shape index (κ1) is 32.3. The molecular weight excluding hydrogens is 723 g/mol. The van der Waals surface area contributed by atoms with Gasteiger partial charge in [-0.1, -0.05) is 133 Å². The average molecular weight is 756 g/mol. The maximum atomic E-state index is 6.88. The van der Waals surface area contributed by atoms with Crippen LogP contribution in [0.15, 0.2) is 209 Å². The molecule has 4 heteroatoms. The maximum Gasteiger partial charge on any atom is 0.137 e. The van der Waals surface area contributed by atoms with Gasteiger partial charge in [-0.15, -0.1) is 0 Å². The Morgan fingerprint density at radius 3 is 1.68 bits per heavy atom. The highest BCUT2D eigenvalue weighted by Crippen LogP contribution is 2.63. The van der Waals surface area contributed by atoms with Gasteiger partial charge in [0.25, 0.3) is 0 Å². The van der Waals surface area contributed by atoms with E-state index in [1.165, 1.54) is 22.3 Å². The van der Waals surface area contributed by atoms with E-state index in [4.69, 9.17) is 13.6 Å². The Morgan fingerprint density at radius 1 is 0.356 bits per heavy atom. The van der Waals surface area contributed by atoms with E-state index in [9.17, 15) is 0 Å². The van der Waals surface area contributed by atoms with Gasteiger partial charge in [-0.05, 0) is 100 Å². The summed E-state index contributed by atoms with van der Waals surface area (Å²) in [5, 5.41) is 4.19. The van der Waals surface area contributed by atoms with Crippen LogP contribution in [0.25, 0.3) is 66.1 Å². The van der Waals surface area contributed by atoms with Gasteiger partial charge in [-0.3, -0.25) is 0 Å². The van der Waals surface area contributed by atoms with Gasteiger partial charge < -0.3 is 18.5 Å². The minimum atomic E-state index is -0.619. The van der Waals surface area contributed by atoms with Crippen LogP contribution in [0.5, 0.6) is 11.5 Å². The number of fused-ring (bicyclic) bond motifs is 15. The van der Waals surface area contributed by atoms with Gasteiger partial charge in [0.2, 0.25) is 0 Å². The van der Waals surface area contributed by atoms with Crippen molar-refractivity contribution in [2.24, 2.45) is 0 Å². The third kappa shape index (κ3) is 4.43. The lowest BCUT2D eigenvalue weighted by Gasteiger charge is -2.40. The Balaban J connectivity index is 1.14. The SMILES string of the molecule is c1ccc(-c2ccc3oc4cccc(N(c5ccc6c(c5)C5(c7ccccc7O6)c6ccccc6-c6ccccc65)c5cccc6oc7ccccc7c56)c4c3c2)cc1. The Labute approximate surface area is 339 Å². The minimum Gasteiger partial charge on any atom is -0.457 e. The van der Waals surface area contributed by atoms with E-state index in [-0.39, 0.29) is 0 Å². The third-order valence-corrected chi connectivity index (χ3v) is 12.5. The number of ether oxygens (including phenoxy) is 1. The summed E-state index contributed by atoms with van der Waals surface area (Å²) >= 11 is 0. The predicted molar refractivity (Wildman–Crippen MR) is 238 cm³/mol. The van der Waals surface area contributed by atoms with Crippen LogP contribution in [0.2, 0.25) is 0 Å². The molecule has 0 atom stereocenters. The number of rotatable bonds is 4. The van der Waals surface area contributed by atoms with Crippen LogP contribution in [0.1, 0.15) is 22.3 Å². The molecule has 4 nitrogen and oxygen atoms in total. The highest BCUT2D eigenvalue weighted by molar-refractivity contribution is 6.18. The second-order valence-corrected chi connectivity index (χ2v) is 15.5. The normalized spacial score (nSPS) is 13.4. The second-order valence-electron chi connectivity index (χ2n) is 15.5. The molecule has 0 fully saturated rings. The summed E-state index contributed by atoms with van der Waals surface area (Å²) in [6, 6.07) is 71.1. The number of hydrogen-bond acceptors (Lipinski definition) is 4. The molecule has 276 valence electrons. The number of furan rings is 2. The van der Waals surface area contributed by atoms with Crippen molar-refractivity contribution in [2.45, 2.75) is 5.41 Å². The standard InChI is InChI=1S/C55H33NO3/c1-2-14-34(15-3-1)35-28-30-48-40(32-35)54-46(23-13-27-52(54)58-48)56(45-22-12-26-51-53(45)39-18-6-10-24-47(39)57-51)36-29-31-50-44(33-36)55(43-21-9-11-25-49(43)59-50)41-19-7-4-16-37(41)38-17-5-8-20-42(38)55/h1-33H. The van der Waals surface area contributed by atoms with E-state index < -0.39 is 5.41 Å². The molecule has 1 aliphatic carbocycles. The van der Waals surface area contributed by atoms with Gasteiger partial charge in [-0.2, -0.15) is 0 Å². The van der Waals surface area contributed by atoms with Gasteiger partial charge in [0, 0.05) is 27.6 Å². The molecule has 2 aliphatic rings. The molecule has 2 aromatic heterocycles. The summed E-state index contributed by atoms with van der Waals surface area (Å²) < 4.78 is 20.1. The third-order valence-electron chi connectivity index (χ3n) is 12.5. The van der Waals surface area contributed by atoms with Crippen LogP contribution in [-0.4, -0.2) is 0 Å². The summed E-state index contributed by atoms with van der Waals surface area (Å²) in [7, 11) is 0. The fraction of sp³-hybridized carbons (Fsp3) is 0.0182. The van der Waals surface area contributed by atoms with Crippen LogP contribution < -0.4 is 9.64 Å². The number of nitrogens with zero attached hydrogens (tertiary/aromatic N) is 1. The van der Waals surface area contributed by atoms with E-state index in [1.807, 2.05) is 12.1 Å². The van der Waals surface area contributed by atoms with Crippen LogP contribution in [0.4, 0.5) is 17.1 Å². The number of hydrogen-bond donors (Lipinski definition) is 0. The number of benzene rings is 9. The summed E-state index contributed by atoms with van der Waals surface area (Å²) in [6.45, 7) is 0. The van der Waals surface area contributed by atoms with Crippen molar-refractivity contribution in [1.29, 1.82) is 0 Å². The predicted octanol–water partition coefficient (Wildman–Crippen LogP) is 15.1. The van der Waals surface area contributed by atoms with Gasteiger partial charge in [0.05, 0.1) is 27.6 Å². The molecule has 0 radical (unpaired) electrons. The number of anilines is 3. The molecule has 9 aromatic carbocycles. The fourth-order valence-corrected chi connectivity index (χ4v) is 10.1. The van der Waals surface area contributed by atoms with Crippen molar-refractivity contribution < 1.29 is 13.6 Å². The molecule has 0 unspecified atom stereocenters. The molecule has 59 heavy (non-hydrogen) atoms. The van der Waals surface area contributed by atoms with Crippen LogP contribution in [-0.2, 0) is 5.41 Å². The molecular formula is C55H33NO3. The van der Waals surface area contributed by atoms with E-state index in [0.29, 0.717) is 0 Å².